The molecule has 0 aliphatic heterocycles. The Balaban J connectivity index is 2.12. The number of aromatic nitrogens is 2. The molecule has 0 atom stereocenters. The van der Waals surface area contributed by atoms with E-state index in [0.29, 0.717) is 16.8 Å². The summed E-state index contributed by atoms with van der Waals surface area (Å²) in [5.41, 5.74) is 0. The normalized spacial score (nSPS) is 15.8. The highest BCUT2D eigenvalue weighted by atomic mass is 35.5. The van der Waals surface area contributed by atoms with Gasteiger partial charge in [0.15, 0.2) is 5.82 Å². The molecule has 1 aromatic heterocycles. The lowest BCUT2D eigenvalue weighted by molar-refractivity contribution is 0.533. The van der Waals surface area contributed by atoms with Crippen molar-refractivity contribution in [1.82, 2.24) is 9.97 Å². The van der Waals surface area contributed by atoms with Gasteiger partial charge in [-0.3, -0.25) is 5.01 Å². The van der Waals surface area contributed by atoms with Crippen molar-refractivity contribution in [2.45, 2.75) is 25.7 Å². The van der Waals surface area contributed by atoms with Gasteiger partial charge < -0.3 is 0 Å². The van der Waals surface area contributed by atoms with E-state index < -0.39 is 0 Å². The van der Waals surface area contributed by atoms with Gasteiger partial charge in [0.25, 0.3) is 0 Å². The summed E-state index contributed by atoms with van der Waals surface area (Å²) in [6.45, 7) is 0.724. The van der Waals surface area contributed by atoms with Gasteiger partial charge in [0.2, 0.25) is 5.82 Å². The molecule has 0 saturated heterocycles. The lowest BCUT2D eigenvalue weighted by atomic mass is 10.1. The van der Waals surface area contributed by atoms with E-state index in [1.54, 1.807) is 0 Å². The number of halogens is 1. The number of rotatable bonds is 3. The van der Waals surface area contributed by atoms with Crippen LogP contribution in [0, 0.1) is 17.2 Å². The maximum atomic E-state index is 8.74. The maximum absolute atomic E-state index is 8.74. The van der Waals surface area contributed by atoms with E-state index in [4.69, 9.17) is 22.7 Å². The van der Waals surface area contributed by atoms with Crippen LogP contribution in [0.1, 0.15) is 31.5 Å². The Morgan fingerprint density at radius 2 is 2.24 bits per heavy atom. The van der Waals surface area contributed by atoms with E-state index in [0.717, 1.165) is 6.54 Å². The molecular weight excluding hydrogens is 238 g/mol. The van der Waals surface area contributed by atoms with Crippen LogP contribution >= 0.6 is 11.6 Å². The lowest BCUT2D eigenvalue weighted by Gasteiger charge is -2.21. The van der Waals surface area contributed by atoms with Gasteiger partial charge in [0.1, 0.15) is 11.1 Å². The molecule has 1 aliphatic carbocycles. The van der Waals surface area contributed by atoms with Gasteiger partial charge in [-0.25, -0.2) is 10.8 Å². The van der Waals surface area contributed by atoms with Crippen LogP contribution in [0.25, 0.3) is 0 Å². The Morgan fingerprint density at radius 1 is 1.53 bits per heavy atom. The molecule has 17 heavy (non-hydrogen) atoms. The zero-order valence-corrected chi connectivity index (χ0v) is 10.2. The second-order valence-corrected chi connectivity index (χ2v) is 4.69. The Bertz CT molecular complexity index is 436. The summed E-state index contributed by atoms with van der Waals surface area (Å²) in [6, 6.07) is 1.88. The molecule has 0 radical (unpaired) electrons. The minimum absolute atomic E-state index is 0.0891. The van der Waals surface area contributed by atoms with Gasteiger partial charge in [0, 0.05) is 6.54 Å². The van der Waals surface area contributed by atoms with Crippen LogP contribution in [0.15, 0.2) is 6.20 Å². The van der Waals surface area contributed by atoms with Crippen LogP contribution in [-0.2, 0) is 0 Å². The zero-order chi connectivity index (χ0) is 12.3. The van der Waals surface area contributed by atoms with Gasteiger partial charge in [0.05, 0.1) is 6.20 Å². The lowest BCUT2D eigenvalue weighted by Crippen LogP contribution is -2.36. The molecule has 0 amide bonds. The topological polar surface area (TPSA) is 78.8 Å². The fraction of sp³-hybridized carbons (Fsp3) is 0.545. The third-order valence-electron chi connectivity index (χ3n) is 3.03. The standard InChI is InChI=1S/C11H14ClN5/c12-9-6-15-10(5-13)16-11(9)17(14)7-8-3-1-2-4-8/h6,8H,1-4,7,14H2. The molecule has 1 fully saturated rings. The van der Waals surface area contributed by atoms with E-state index in [1.165, 1.54) is 36.9 Å². The van der Waals surface area contributed by atoms with Crippen molar-refractivity contribution < 1.29 is 0 Å². The molecule has 1 aromatic rings. The molecule has 0 aromatic carbocycles. The van der Waals surface area contributed by atoms with Crippen LogP contribution in [0.3, 0.4) is 0 Å². The Hall–Kier alpha value is -1.38. The molecular formula is C11H14ClN5. The smallest absolute Gasteiger partial charge is 0.234 e. The first-order valence-corrected chi connectivity index (χ1v) is 6.03. The second kappa shape index (κ2) is 5.30. The van der Waals surface area contributed by atoms with Crippen molar-refractivity contribution in [2.75, 3.05) is 11.6 Å². The van der Waals surface area contributed by atoms with Gasteiger partial charge >= 0.3 is 0 Å². The van der Waals surface area contributed by atoms with Crippen molar-refractivity contribution in [3.8, 4) is 6.07 Å². The summed E-state index contributed by atoms with van der Waals surface area (Å²) in [7, 11) is 0. The predicted octanol–water partition coefficient (Wildman–Crippen LogP) is 1.87. The third-order valence-corrected chi connectivity index (χ3v) is 3.29. The number of hydrogen-bond donors (Lipinski definition) is 1. The maximum Gasteiger partial charge on any atom is 0.234 e. The molecule has 1 aliphatic rings. The van der Waals surface area contributed by atoms with E-state index in [1.807, 2.05) is 6.07 Å². The first-order valence-electron chi connectivity index (χ1n) is 5.65. The van der Waals surface area contributed by atoms with Crippen molar-refractivity contribution >= 4 is 17.4 Å². The number of nitriles is 1. The van der Waals surface area contributed by atoms with Crippen LogP contribution in [0.5, 0.6) is 0 Å². The average Bonchev–Trinajstić information content (AvgIpc) is 2.82. The summed E-state index contributed by atoms with van der Waals surface area (Å²) in [6.07, 6.45) is 6.33. The Morgan fingerprint density at radius 3 is 2.88 bits per heavy atom. The molecule has 5 nitrogen and oxygen atoms in total. The Labute approximate surface area is 105 Å². The summed E-state index contributed by atoms with van der Waals surface area (Å²) in [5, 5.41) is 10.6. The van der Waals surface area contributed by atoms with Gasteiger partial charge in [-0.05, 0) is 18.8 Å². The summed E-state index contributed by atoms with van der Waals surface area (Å²) >= 11 is 5.98. The number of nitrogens with two attached hydrogens (primary N) is 1. The highest BCUT2D eigenvalue weighted by Crippen LogP contribution is 2.27. The SMILES string of the molecule is N#Cc1ncc(Cl)c(N(N)CC2CCCC2)n1. The summed E-state index contributed by atoms with van der Waals surface area (Å²) < 4.78 is 0. The highest BCUT2D eigenvalue weighted by Gasteiger charge is 2.19. The molecule has 2 N–H and O–H groups in total. The monoisotopic (exact) mass is 251 g/mol. The fourth-order valence-electron chi connectivity index (χ4n) is 2.17. The number of anilines is 1. The Kier molecular flexibility index (Phi) is 3.77. The van der Waals surface area contributed by atoms with Crippen molar-refractivity contribution in [3.63, 3.8) is 0 Å². The van der Waals surface area contributed by atoms with Crippen molar-refractivity contribution in [3.05, 3.63) is 17.0 Å². The van der Waals surface area contributed by atoms with Crippen LogP contribution in [-0.4, -0.2) is 16.5 Å². The third kappa shape index (κ3) is 2.84. The van der Waals surface area contributed by atoms with Crippen LogP contribution < -0.4 is 10.9 Å². The average molecular weight is 252 g/mol. The minimum atomic E-state index is 0.0891. The molecule has 2 rings (SSSR count). The van der Waals surface area contributed by atoms with E-state index in [-0.39, 0.29) is 5.82 Å². The molecule has 6 heteroatoms. The molecule has 0 unspecified atom stereocenters. The van der Waals surface area contributed by atoms with Crippen molar-refractivity contribution in [2.24, 2.45) is 11.8 Å². The van der Waals surface area contributed by atoms with E-state index in [9.17, 15) is 0 Å². The number of hydrogen-bond acceptors (Lipinski definition) is 5. The minimum Gasteiger partial charge on any atom is -0.293 e. The zero-order valence-electron chi connectivity index (χ0n) is 9.43. The first-order chi connectivity index (χ1) is 8.20. The second-order valence-electron chi connectivity index (χ2n) is 4.28. The van der Waals surface area contributed by atoms with Gasteiger partial charge in [-0.2, -0.15) is 10.2 Å². The molecule has 1 heterocycles. The number of nitrogens with zero attached hydrogens (tertiary/aromatic N) is 4. The van der Waals surface area contributed by atoms with Crippen molar-refractivity contribution in [1.29, 1.82) is 5.26 Å². The van der Waals surface area contributed by atoms with E-state index >= 15 is 0 Å². The predicted molar refractivity (Wildman–Crippen MR) is 65.2 cm³/mol. The number of hydrazine groups is 1. The molecule has 90 valence electrons. The summed E-state index contributed by atoms with van der Waals surface area (Å²) in [4.78, 5) is 7.81. The summed E-state index contributed by atoms with van der Waals surface area (Å²) in [5.74, 6) is 7.07. The van der Waals surface area contributed by atoms with E-state index in [2.05, 4.69) is 9.97 Å². The fourth-order valence-corrected chi connectivity index (χ4v) is 2.37. The largest absolute Gasteiger partial charge is 0.293 e. The molecule has 1 saturated carbocycles. The van der Waals surface area contributed by atoms with Crippen LogP contribution in [0.4, 0.5) is 5.82 Å². The molecule has 0 spiro atoms. The highest BCUT2D eigenvalue weighted by molar-refractivity contribution is 6.32. The first kappa shape index (κ1) is 12.1. The van der Waals surface area contributed by atoms with Gasteiger partial charge in [-0.15, -0.1) is 0 Å². The van der Waals surface area contributed by atoms with Gasteiger partial charge in [-0.1, -0.05) is 24.4 Å². The van der Waals surface area contributed by atoms with Crippen LogP contribution in [0.2, 0.25) is 5.02 Å². The molecule has 0 bridgehead atoms. The quantitative estimate of drug-likeness (QED) is 0.655.